The maximum absolute atomic E-state index is 13.2. The van der Waals surface area contributed by atoms with Gasteiger partial charge in [-0.3, -0.25) is 19.2 Å². The van der Waals surface area contributed by atoms with Crippen molar-refractivity contribution in [3.8, 4) is 17.2 Å². The Morgan fingerprint density at radius 2 is 1.86 bits per heavy atom. The summed E-state index contributed by atoms with van der Waals surface area (Å²) < 4.78 is 22.9. The fraction of sp³-hybridized carbons (Fsp3) is 0.316. The third kappa shape index (κ3) is 3.58. The van der Waals surface area contributed by atoms with Gasteiger partial charge in [-0.2, -0.15) is 5.26 Å². The standard InChI is InChI=1S/C19H19N4O4P/c1-14(27-28(26,21-7-8-21)22-9-10-22)16-5-6-19(23(24)25)18(12-16)17-4-2-3-15(11-17)13-20/h2-6,11-12,14H,7-10H2,1H3. The Balaban J connectivity index is 1.69. The first-order chi connectivity index (χ1) is 13.4. The van der Waals surface area contributed by atoms with Crippen LogP contribution in [0.15, 0.2) is 42.5 Å². The van der Waals surface area contributed by atoms with Gasteiger partial charge in [0.1, 0.15) is 0 Å². The Hall–Kier alpha value is -2.56. The summed E-state index contributed by atoms with van der Waals surface area (Å²) in [6, 6.07) is 13.5. The quantitative estimate of drug-likeness (QED) is 0.301. The van der Waals surface area contributed by atoms with Gasteiger partial charge in [-0.1, -0.05) is 12.1 Å². The number of nitriles is 1. The average molecular weight is 398 g/mol. The number of benzene rings is 2. The normalized spacial score (nSPS) is 17.7. The molecule has 2 saturated heterocycles. The molecule has 1 unspecified atom stereocenters. The van der Waals surface area contributed by atoms with Gasteiger partial charge in [0.15, 0.2) is 0 Å². The van der Waals surface area contributed by atoms with Crippen molar-refractivity contribution < 1.29 is 14.0 Å². The molecule has 2 aliphatic heterocycles. The van der Waals surface area contributed by atoms with Crippen LogP contribution in [0.4, 0.5) is 5.69 Å². The Kier molecular flexibility index (Phi) is 4.77. The lowest BCUT2D eigenvalue weighted by Crippen LogP contribution is -2.10. The SMILES string of the molecule is CC(OP(=O)(N1CC1)N1CC1)c1ccc([N+](=O)[O-])c(-c2cccc(C#N)c2)c1. The van der Waals surface area contributed by atoms with E-state index < -0.39 is 18.7 Å². The van der Waals surface area contributed by atoms with E-state index in [0.717, 1.165) is 26.2 Å². The summed E-state index contributed by atoms with van der Waals surface area (Å²) in [7, 11) is -3.00. The van der Waals surface area contributed by atoms with E-state index in [0.29, 0.717) is 22.3 Å². The highest BCUT2D eigenvalue weighted by Gasteiger charge is 2.50. The highest BCUT2D eigenvalue weighted by atomic mass is 31.2. The molecule has 2 aromatic carbocycles. The van der Waals surface area contributed by atoms with E-state index in [9.17, 15) is 14.7 Å². The van der Waals surface area contributed by atoms with Crippen LogP contribution in [0.5, 0.6) is 0 Å². The van der Waals surface area contributed by atoms with Crippen molar-refractivity contribution in [3.63, 3.8) is 0 Å². The topological polar surface area (TPSA) is 99.2 Å². The molecule has 9 heteroatoms. The monoisotopic (exact) mass is 398 g/mol. The van der Waals surface area contributed by atoms with Crippen molar-refractivity contribution in [1.82, 2.24) is 9.34 Å². The van der Waals surface area contributed by atoms with Gasteiger partial charge in [0.2, 0.25) is 0 Å². The van der Waals surface area contributed by atoms with Crippen LogP contribution >= 0.6 is 7.67 Å². The van der Waals surface area contributed by atoms with Crippen molar-refractivity contribution >= 4 is 13.4 Å². The molecule has 2 aromatic rings. The zero-order valence-corrected chi connectivity index (χ0v) is 16.2. The van der Waals surface area contributed by atoms with Crippen molar-refractivity contribution in [2.45, 2.75) is 13.0 Å². The summed E-state index contributed by atoms with van der Waals surface area (Å²) in [4.78, 5) is 11.1. The lowest BCUT2D eigenvalue weighted by Gasteiger charge is -2.24. The van der Waals surface area contributed by atoms with E-state index in [1.165, 1.54) is 6.07 Å². The third-order valence-corrected chi connectivity index (χ3v) is 7.67. The summed E-state index contributed by atoms with van der Waals surface area (Å²) in [6.07, 6.45) is -0.495. The Bertz CT molecular complexity index is 1010. The second-order valence-electron chi connectivity index (χ2n) is 6.87. The third-order valence-electron chi connectivity index (χ3n) is 4.85. The van der Waals surface area contributed by atoms with Crippen LogP contribution in [0.3, 0.4) is 0 Å². The smallest absolute Gasteiger partial charge is 0.298 e. The summed E-state index contributed by atoms with van der Waals surface area (Å²) in [6.45, 7) is 4.83. The zero-order valence-electron chi connectivity index (χ0n) is 15.3. The highest BCUT2D eigenvalue weighted by Crippen LogP contribution is 2.63. The first-order valence-corrected chi connectivity index (χ1v) is 10.5. The van der Waals surface area contributed by atoms with Crippen LogP contribution in [0.25, 0.3) is 11.1 Å². The van der Waals surface area contributed by atoms with Crippen LogP contribution in [0.1, 0.15) is 24.2 Å². The van der Waals surface area contributed by atoms with Crippen molar-refractivity contribution in [1.29, 1.82) is 5.26 Å². The molecule has 2 aliphatic rings. The lowest BCUT2D eigenvalue weighted by atomic mass is 9.98. The zero-order chi connectivity index (χ0) is 19.9. The predicted octanol–water partition coefficient (Wildman–Crippen LogP) is 3.95. The molecule has 2 fully saturated rings. The summed E-state index contributed by atoms with van der Waals surface area (Å²) in [5, 5.41) is 20.6. The highest BCUT2D eigenvalue weighted by molar-refractivity contribution is 7.54. The lowest BCUT2D eigenvalue weighted by molar-refractivity contribution is -0.384. The molecule has 144 valence electrons. The van der Waals surface area contributed by atoms with E-state index >= 15 is 0 Å². The van der Waals surface area contributed by atoms with Crippen LogP contribution in [-0.2, 0) is 9.09 Å². The maximum atomic E-state index is 13.2. The van der Waals surface area contributed by atoms with Gasteiger partial charge in [0.05, 0.1) is 28.2 Å². The van der Waals surface area contributed by atoms with E-state index in [-0.39, 0.29) is 5.69 Å². The van der Waals surface area contributed by atoms with E-state index in [2.05, 4.69) is 6.07 Å². The predicted molar refractivity (Wildman–Crippen MR) is 103 cm³/mol. The minimum atomic E-state index is -3.00. The number of rotatable bonds is 7. The number of nitro groups is 1. The van der Waals surface area contributed by atoms with E-state index in [1.807, 2.05) is 9.34 Å². The van der Waals surface area contributed by atoms with Crippen molar-refractivity contribution in [2.75, 3.05) is 26.2 Å². The van der Waals surface area contributed by atoms with Crippen LogP contribution in [-0.4, -0.2) is 40.4 Å². The number of nitro benzene ring substituents is 1. The number of hydrogen-bond donors (Lipinski definition) is 0. The molecular weight excluding hydrogens is 379 g/mol. The number of hydrogen-bond acceptors (Lipinski definition) is 5. The molecule has 0 spiro atoms. The summed E-state index contributed by atoms with van der Waals surface area (Å²) >= 11 is 0. The van der Waals surface area contributed by atoms with Gasteiger partial charge in [-0.25, -0.2) is 9.34 Å². The summed E-state index contributed by atoms with van der Waals surface area (Å²) in [5.41, 5.74) is 2.07. The molecule has 4 rings (SSSR count). The minimum Gasteiger partial charge on any atom is -0.298 e. The molecule has 8 nitrogen and oxygen atoms in total. The first kappa shape index (κ1) is 18.8. The van der Waals surface area contributed by atoms with Gasteiger partial charge in [0.25, 0.3) is 5.69 Å². The molecule has 2 heterocycles. The minimum absolute atomic E-state index is 0.0499. The molecule has 28 heavy (non-hydrogen) atoms. The fourth-order valence-electron chi connectivity index (χ4n) is 3.13. The molecule has 0 N–H and O–H groups in total. The summed E-state index contributed by atoms with van der Waals surface area (Å²) in [5.74, 6) is 0. The molecule has 0 radical (unpaired) electrons. The van der Waals surface area contributed by atoms with E-state index in [1.54, 1.807) is 43.3 Å². The van der Waals surface area contributed by atoms with Gasteiger partial charge in [-0.15, -0.1) is 0 Å². The molecular formula is C19H19N4O4P. The van der Waals surface area contributed by atoms with Gasteiger partial charge in [-0.05, 0) is 42.3 Å². The van der Waals surface area contributed by atoms with Crippen molar-refractivity contribution in [2.24, 2.45) is 0 Å². The maximum Gasteiger partial charge on any atom is 0.346 e. The second-order valence-corrected chi connectivity index (χ2v) is 9.20. The largest absolute Gasteiger partial charge is 0.346 e. The van der Waals surface area contributed by atoms with Crippen LogP contribution < -0.4 is 0 Å². The fourth-order valence-corrected chi connectivity index (χ4v) is 5.48. The van der Waals surface area contributed by atoms with Crippen LogP contribution in [0.2, 0.25) is 0 Å². The Labute approximate surface area is 162 Å². The van der Waals surface area contributed by atoms with Gasteiger partial charge >= 0.3 is 7.67 Å². The molecule has 0 saturated carbocycles. The molecule has 0 bridgehead atoms. The molecule has 0 aromatic heterocycles. The Morgan fingerprint density at radius 3 is 2.43 bits per heavy atom. The Morgan fingerprint density at radius 1 is 1.18 bits per heavy atom. The molecule has 0 amide bonds. The number of nitrogens with zero attached hydrogens (tertiary/aromatic N) is 4. The van der Waals surface area contributed by atoms with E-state index in [4.69, 9.17) is 9.79 Å². The molecule has 0 aliphatic carbocycles. The van der Waals surface area contributed by atoms with Gasteiger partial charge < -0.3 is 0 Å². The van der Waals surface area contributed by atoms with Crippen LogP contribution in [0, 0.1) is 21.4 Å². The average Bonchev–Trinajstić information content (AvgIpc) is 3.59. The second kappa shape index (κ2) is 7.12. The van der Waals surface area contributed by atoms with Crippen molar-refractivity contribution in [3.05, 3.63) is 63.7 Å². The molecule has 1 atom stereocenters. The first-order valence-electron chi connectivity index (χ1n) is 9.00. The van der Waals surface area contributed by atoms with Gasteiger partial charge in [0, 0.05) is 32.2 Å².